The molecule has 1 heterocycles. The van der Waals surface area contributed by atoms with Gasteiger partial charge in [0.2, 0.25) is 17.6 Å². The molecule has 0 spiro atoms. The molecule has 2 rings (SSSR count). The first-order valence-electron chi connectivity index (χ1n) is 9.77. The van der Waals surface area contributed by atoms with E-state index in [0.29, 0.717) is 42.0 Å². The van der Waals surface area contributed by atoms with Gasteiger partial charge in [-0.15, -0.1) is 0 Å². The van der Waals surface area contributed by atoms with Crippen LogP contribution in [0.25, 0.3) is 11.4 Å². The van der Waals surface area contributed by atoms with E-state index in [-0.39, 0.29) is 11.9 Å². The fraction of sp³-hybridized carbons (Fsp3) is 0.571. The first-order valence-corrected chi connectivity index (χ1v) is 9.77. The summed E-state index contributed by atoms with van der Waals surface area (Å²) >= 11 is 0. The lowest BCUT2D eigenvalue weighted by Crippen LogP contribution is -2.32. The summed E-state index contributed by atoms with van der Waals surface area (Å²) in [5.41, 5.74) is 0.760. The van der Waals surface area contributed by atoms with Crippen LogP contribution in [-0.4, -0.2) is 36.3 Å². The second-order valence-electron chi connectivity index (χ2n) is 7.37. The number of hydrogen-bond donors (Lipinski definition) is 1. The minimum atomic E-state index is 0.00270. The number of ether oxygens (including phenoxy) is 2. The van der Waals surface area contributed by atoms with Crippen LogP contribution in [0.15, 0.2) is 22.7 Å². The van der Waals surface area contributed by atoms with Crippen molar-refractivity contribution >= 4 is 5.91 Å². The predicted molar refractivity (Wildman–Crippen MR) is 107 cm³/mol. The summed E-state index contributed by atoms with van der Waals surface area (Å²) in [7, 11) is 3.16. The van der Waals surface area contributed by atoms with Crippen LogP contribution < -0.4 is 14.8 Å². The lowest BCUT2D eigenvalue weighted by atomic mass is 10.0. The highest BCUT2D eigenvalue weighted by Gasteiger charge is 2.14. The number of carbonyl (C=O) groups is 1. The Labute approximate surface area is 166 Å². The molecule has 0 radical (unpaired) electrons. The third kappa shape index (κ3) is 6.55. The van der Waals surface area contributed by atoms with Crippen molar-refractivity contribution < 1.29 is 18.8 Å². The van der Waals surface area contributed by atoms with Crippen LogP contribution in [0.5, 0.6) is 11.5 Å². The zero-order chi connectivity index (χ0) is 20.5. The third-order valence-electron chi connectivity index (χ3n) is 4.50. The van der Waals surface area contributed by atoms with E-state index in [2.05, 4.69) is 29.3 Å². The van der Waals surface area contributed by atoms with Gasteiger partial charge in [0.25, 0.3) is 0 Å². The van der Waals surface area contributed by atoms with Gasteiger partial charge < -0.3 is 19.3 Å². The Morgan fingerprint density at radius 2 is 1.89 bits per heavy atom. The van der Waals surface area contributed by atoms with E-state index in [4.69, 9.17) is 14.0 Å². The number of nitrogens with zero attached hydrogens (tertiary/aromatic N) is 2. The molecule has 2 aromatic rings. The first kappa shape index (κ1) is 21.7. The van der Waals surface area contributed by atoms with E-state index >= 15 is 0 Å². The van der Waals surface area contributed by atoms with Gasteiger partial charge in [-0.1, -0.05) is 31.8 Å². The minimum absolute atomic E-state index is 0.00270. The summed E-state index contributed by atoms with van der Waals surface area (Å²) in [6.07, 6.45) is 4.03. The van der Waals surface area contributed by atoms with Crippen LogP contribution >= 0.6 is 0 Å². The lowest BCUT2D eigenvalue weighted by molar-refractivity contribution is -0.121. The van der Waals surface area contributed by atoms with Crippen molar-refractivity contribution in [3.63, 3.8) is 0 Å². The number of methoxy groups -OCH3 is 2. The molecule has 1 amide bonds. The summed E-state index contributed by atoms with van der Waals surface area (Å²) in [5.74, 6) is 2.82. The predicted octanol–water partition coefficient (Wildman–Crippen LogP) is 4.02. The van der Waals surface area contributed by atoms with Gasteiger partial charge in [-0.2, -0.15) is 4.98 Å². The van der Waals surface area contributed by atoms with Crippen LogP contribution in [0.2, 0.25) is 0 Å². The Bertz CT molecular complexity index is 758. The maximum atomic E-state index is 12.1. The highest BCUT2D eigenvalue weighted by Crippen LogP contribution is 2.31. The summed E-state index contributed by atoms with van der Waals surface area (Å²) in [4.78, 5) is 16.5. The van der Waals surface area contributed by atoms with Crippen LogP contribution in [0.4, 0.5) is 0 Å². The molecule has 0 fully saturated rings. The van der Waals surface area contributed by atoms with Gasteiger partial charge >= 0.3 is 0 Å². The molecule has 7 heteroatoms. The molecule has 0 aliphatic carbocycles. The van der Waals surface area contributed by atoms with Crippen molar-refractivity contribution in [1.82, 2.24) is 15.5 Å². The Hall–Kier alpha value is -2.57. The largest absolute Gasteiger partial charge is 0.493 e. The maximum Gasteiger partial charge on any atom is 0.227 e. The van der Waals surface area contributed by atoms with E-state index in [1.165, 1.54) is 6.42 Å². The zero-order valence-corrected chi connectivity index (χ0v) is 17.4. The molecule has 0 saturated heterocycles. The fourth-order valence-corrected chi connectivity index (χ4v) is 2.92. The highest BCUT2D eigenvalue weighted by molar-refractivity contribution is 5.76. The van der Waals surface area contributed by atoms with Gasteiger partial charge in [0.05, 0.1) is 14.2 Å². The van der Waals surface area contributed by atoms with Crippen molar-refractivity contribution in [3.05, 3.63) is 24.1 Å². The number of aromatic nitrogens is 2. The van der Waals surface area contributed by atoms with Gasteiger partial charge in [-0.25, -0.2) is 0 Å². The molecule has 0 bridgehead atoms. The summed E-state index contributed by atoms with van der Waals surface area (Å²) in [6, 6.07) is 5.59. The highest BCUT2D eigenvalue weighted by atomic mass is 16.5. The molecular formula is C21H31N3O4. The molecule has 0 aliphatic heterocycles. The Kier molecular flexibility index (Phi) is 8.29. The molecule has 28 heavy (non-hydrogen) atoms. The van der Waals surface area contributed by atoms with Crippen molar-refractivity contribution in [3.8, 4) is 22.9 Å². The van der Waals surface area contributed by atoms with Gasteiger partial charge in [0, 0.05) is 24.4 Å². The molecule has 1 unspecified atom stereocenters. The molecular weight excluding hydrogens is 358 g/mol. The van der Waals surface area contributed by atoms with E-state index in [1.54, 1.807) is 26.4 Å². The minimum Gasteiger partial charge on any atom is -0.493 e. The van der Waals surface area contributed by atoms with Crippen LogP contribution in [0.1, 0.15) is 52.3 Å². The van der Waals surface area contributed by atoms with Gasteiger partial charge in [-0.05, 0) is 37.5 Å². The second kappa shape index (κ2) is 10.7. The summed E-state index contributed by atoms with van der Waals surface area (Å²) in [6.45, 7) is 6.47. The van der Waals surface area contributed by atoms with Gasteiger partial charge in [-0.3, -0.25) is 4.79 Å². The number of amides is 1. The molecule has 154 valence electrons. The molecule has 0 saturated carbocycles. The first-order chi connectivity index (χ1) is 13.4. The standard InChI is InChI=1S/C21H31N3O4/c1-14(2)7-6-8-15(3)22-19(25)11-12-20-23-21(24-28-20)16-9-10-17(26-4)18(13-16)27-5/h9-10,13-15H,6-8,11-12H2,1-5H3,(H,22,25). The number of rotatable bonds is 11. The number of carbonyl (C=O) groups excluding carboxylic acids is 1. The Balaban J connectivity index is 1.85. The van der Waals surface area contributed by atoms with E-state index < -0.39 is 0 Å². The van der Waals surface area contributed by atoms with Crippen LogP contribution in [0.3, 0.4) is 0 Å². The molecule has 1 aromatic heterocycles. The SMILES string of the molecule is COc1ccc(-c2noc(CCC(=O)NC(C)CCCC(C)C)n2)cc1OC. The normalized spacial score (nSPS) is 12.1. The number of aryl methyl sites for hydroxylation is 1. The monoisotopic (exact) mass is 389 g/mol. The summed E-state index contributed by atoms with van der Waals surface area (Å²) in [5, 5.41) is 7.03. The van der Waals surface area contributed by atoms with E-state index in [9.17, 15) is 4.79 Å². The third-order valence-corrected chi connectivity index (χ3v) is 4.50. The topological polar surface area (TPSA) is 86.5 Å². The van der Waals surface area contributed by atoms with Crippen molar-refractivity contribution in [2.45, 2.75) is 58.9 Å². The Morgan fingerprint density at radius 1 is 1.14 bits per heavy atom. The van der Waals surface area contributed by atoms with Crippen molar-refractivity contribution in [1.29, 1.82) is 0 Å². The number of benzene rings is 1. The fourth-order valence-electron chi connectivity index (χ4n) is 2.92. The van der Waals surface area contributed by atoms with E-state index in [1.807, 2.05) is 13.0 Å². The molecule has 1 aromatic carbocycles. The van der Waals surface area contributed by atoms with Gasteiger partial charge in [0.15, 0.2) is 11.5 Å². The quantitative estimate of drug-likeness (QED) is 0.625. The van der Waals surface area contributed by atoms with Crippen molar-refractivity contribution in [2.24, 2.45) is 5.92 Å². The van der Waals surface area contributed by atoms with Gasteiger partial charge in [0.1, 0.15) is 0 Å². The molecule has 1 atom stereocenters. The van der Waals surface area contributed by atoms with Crippen LogP contribution in [-0.2, 0) is 11.2 Å². The Morgan fingerprint density at radius 3 is 2.57 bits per heavy atom. The molecule has 1 N–H and O–H groups in total. The molecule has 7 nitrogen and oxygen atoms in total. The zero-order valence-electron chi connectivity index (χ0n) is 17.4. The smallest absolute Gasteiger partial charge is 0.227 e. The summed E-state index contributed by atoms with van der Waals surface area (Å²) < 4.78 is 15.8. The second-order valence-corrected chi connectivity index (χ2v) is 7.37. The van der Waals surface area contributed by atoms with Crippen LogP contribution in [0, 0.1) is 5.92 Å². The maximum absolute atomic E-state index is 12.1. The van der Waals surface area contributed by atoms with Crippen molar-refractivity contribution in [2.75, 3.05) is 14.2 Å². The number of nitrogens with one attached hydrogen (secondary N) is 1. The lowest BCUT2D eigenvalue weighted by Gasteiger charge is -2.14. The molecule has 0 aliphatic rings. The number of hydrogen-bond acceptors (Lipinski definition) is 6. The van der Waals surface area contributed by atoms with E-state index in [0.717, 1.165) is 18.4 Å². The average Bonchev–Trinajstić information content (AvgIpc) is 3.14. The average molecular weight is 389 g/mol.